The zero-order chi connectivity index (χ0) is 22.7. The second-order valence-electron chi connectivity index (χ2n) is 7.71. The van der Waals surface area contributed by atoms with Crippen LogP contribution in [0.2, 0.25) is 5.02 Å². The first kappa shape index (κ1) is 22.9. The number of benzene rings is 2. The van der Waals surface area contributed by atoms with E-state index in [4.69, 9.17) is 11.6 Å². The molecule has 162 valence electrons. The van der Waals surface area contributed by atoms with Gasteiger partial charge in [-0.1, -0.05) is 46.4 Å². The van der Waals surface area contributed by atoms with Crippen LogP contribution in [0.15, 0.2) is 42.5 Å². The molecule has 1 atom stereocenters. The van der Waals surface area contributed by atoms with Crippen LogP contribution in [0.1, 0.15) is 51.9 Å². The largest absolute Gasteiger partial charge is 0.352 e. The van der Waals surface area contributed by atoms with Gasteiger partial charge in [-0.15, -0.1) is 5.10 Å². The maximum Gasteiger partial charge on any atom is 0.281 e. The fraction of sp³-hybridized carbons (Fsp3) is 0.304. The summed E-state index contributed by atoms with van der Waals surface area (Å²) in [5, 5.41) is 7.50. The summed E-state index contributed by atoms with van der Waals surface area (Å²) in [6.07, 6.45) is 0. The minimum absolute atomic E-state index is 0.0970. The fourth-order valence-corrected chi connectivity index (χ4v) is 3.95. The number of carbonyl (C=O) groups is 2. The van der Waals surface area contributed by atoms with Crippen molar-refractivity contribution in [1.82, 2.24) is 14.9 Å². The van der Waals surface area contributed by atoms with Crippen LogP contribution in [0, 0.1) is 20.8 Å². The van der Waals surface area contributed by atoms with Crippen LogP contribution in [-0.2, 0) is 4.79 Å². The van der Waals surface area contributed by atoms with Crippen molar-refractivity contribution < 1.29 is 9.59 Å². The second kappa shape index (κ2) is 9.58. The number of hydrogen-bond acceptors (Lipinski definition) is 5. The molecule has 6 nitrogen and oxygen atoms in total. The third kappa shape index (κ3) is 4.94. The van der Waals surface area contributed by atoms with Crippen LogP contribution < -0.4 is 10.2 Å². The molecular weight excluding hydrogens is 432 g/mol. The molecule has 1 N–H and O–H groups in total. The second-order valence-corrected chi connectivity index (χ2v) is 9.07. The molecule has 1 aromatic heterocycles. The molecule has 1 heterocycles. The molecule has 0 spiro atoms. The van der Waals surface area contributed by atoms with Gasteiger partial charge in [0.05, 0.1) is 4.88 Å². The molecule has 0 saturated heterocycles. The van der Waals surface area contributed by atoms with E-state index in [0.29, 0.717) is 15.6 Å². The number of nitrogens with zero attached hydrogens (tertiary/aromatic N) is 3. The van der Waals surface area contributed by atoms with Crippen molar-refractivity contribution in [1.29, 1.82) is 0 Å². The smallest absolute Gasteiger partial charge is 0.281 e. The standard InChI is InChI=1S/C23H25ClN4O2S/c1-13(2)25-22(29)21(18-9-7-6-8-14(18)3)28(17-11-10-15(4)19(24)12-17)23(30)20-16(5)31-27-26-20/h6-13,21H,1-5H3,(H,25,29). The van der Waals surface area contributed by atoms with Crippen molar-refractivity contribution in [3.05, 3.63) is 74.7 Å². The average Bonchev–Trinajstić information content (AvgIpc) is 3.14. The van der Waals surface area contributed by atoms with Crippen LogP contribution >= 0.6 is 23.1 Å². The molecule has 2 amide bonds. The predicted octanol–water partition coefficient (Wildman–Crippen LogP) is 5.03. The lowest BCUT2D eigenvalue weighted by Gasteiger charge is -2.32. The van der Waals surface area contributed by atoms with Crippen LogP contribution in [0.3, 0.4) is 0 Å². The molecule has 0 aliphatic heterocycles. The van der Waals surface area contributed by atoms with E-state index in [-0.39, 0.29) is 17.6 Å². The molecule has 31 heavy (non-hydrogen) atoms. The fourth-order valence-electron chi connectivity index (χ4n) is 3.31. The van der Waals surface area contributed by atoms with Crippen molar-refractivity contribution in [2.75, 3.05) is 4.90 Å². The molecular formula is C23H25ClN4O2S. The first-order valence-electron chi connectivity index (χ1n) is 9.95. The summed E-state index contributed by atoms with van der Waals surface area (Å²) in [4.78, 5) is 29.4. The zero-order valence-electron chi connectivity index (χ0n) is 18.1. The number of halogens is 1. The van der Waals surface area contributed by atoms with Crippen molar-refractivity contribution in [2.45, 2.75) is 46.7 Å². The number of anilines is 1. The van der Waals surface area contributed by atoms with E-state index in [0.717, 1.165) is 28.2 Å². The van der Waals surface area contributed by atoms with Gasteiger partial charge in [-0.25, -0.2) is 0 Å². The molecule has 0 aliphatic rings. The van der Waals surface area contributed by atoms with Crippen molar-refractivity contribution in [3.8, 4) is 0 Å². The van der Waals surface area contributed by atoms with Gasteiger partial charge < -0.3 is 5.32 Å². The van der Waals surface area contributed by atoms with Crippen LogP contribution in [0.4, 0.5) is 5.69 Å². The number of hydrogen-bond donors (Lipinski definition) is 1. The number of carbonyl (C=O) groups excluding carboxylic acids is 2. The Balaban J connectivity index is 2.25. The lowest BCUT2D eigenvalue weighted by Crippen LogP contribution is -2.46. The maximum atomic E-state index is 13.7. The molecule has 0 saturated carbocycles. The number of rotatable bonds is 6. The van der Waals surface area contributed by atoms with Crippen molar-refractivity contribution in [2.24, 2.45) is 0 Å². The lowest BCUT2D eigenvalue weighted by atomic mass is 9.97. The Morgan fingerprint density at radius 3 is 2.35 bits per heavy atom. The third-order valence-electron chi connectivity index (χ3n) is 4.93. The van der Waals surface area contributed by atoms with Gasteiger partial charge in [-0.3, -0.25) is 14.5 Å². The SMILES string of the molecule is Cc1ccc(N(C(=O)c2nnsc2C)C(C(=O)NC(C)C)c2ccccc2C)cc1Cl. The minimum atomic E-state index is -0.907. The highest BCUT2D eigenvalue weighted by Crippen LogP contribution is 2.34. The van der Waals surface area contributed by atoms with Crippen LogP contribution in [0.5, 0.6) is 0 Å². The number of amides is 2. The highest BCUT2D eigenvalue weighted by atomic mass is 35.5. The van der Waals surface area contributed by atoms with Gasteiger partial charge in [0.2, 0.25) is 5.91 Å². The molecule has 0 bridgehead atoms. The van der Waals surface area contributed by atoms with E-state index in [1.54, 1.807) is 19.1 Å². The number of aryl methyl sites for hydroxylation is 3. The summed E-state index contributed by atoms with van der Waals surface area (Å²) < 4.78 is 3.91. The van der Waals surface area contributed by atoms with E-state index in [9.17, 15) is 9.59 Å². The van der Waals surface area contributed by atoms with Crippen molar-refractivity contribution >= 4 is 40.6 Å². The minimum Gasteiger partial charge on any atom is -0.352 e. The number of nitrogens with one attached hydrogen (secondary N) is 1. The van der Waals surface area contributed by atoms with Gasteiger partial charge in [-0.2, -0.15) is 0 Å². The van der Waals surface area contributed by atoms with E-state index >= 15 is 0 Å². The quantitative estimate of drug-likeness (QED) is 0.564. The summed E-state index contributed by atoms with van der Waals surface area (Å²) in [5.41, 5.74) is 3.24. The summed E-state index contributed by atoms with van der Waals surface area (Å²) in [7, 11) is 0. The molecule has 3 rings (SSSR count). The molecule has 0 radical (unpaired) electrons. The predicted molar refractivity (Wildman–Crippen MR) is 125 cm³/mol. The van der Waals surface area contributed by atoms with E-state index in [2.05, 4.69) is 14.9 Å². The molecule has 0 aliphatic carbocycles. The normalized spacial score (nSPS) is 12.0. The Morgan fingerprint density at radius 2 is 1.77 bits per heavy atom. The Hall–Kier alpha value is -2.77. The summed E-state index contributed by atoms with van der Waals surface area (Å²) in [5.74, 6) is -0.687. The summed E-state index contributed by atoms with van der Waals surface area (Å²) in [6.45, 7) is 9.37. The Bertz CT molecular complexity index is 1110. The van der Waals surface area contributed by atoms with Gasteiger partial charge in [0.15, 0.2) is 5.69 Å². The molecule has 2 aromatic carbocycles. The van der Waals surface area contributed by atoms with Crippen molar-refractivity contribution in [3.63, 3.8) is 0 Å². The molecule has 3 aromatic rings. The monoisotopic (exact) mass is 456 g/mol. The van der Waals surface area contributed by atoms with Gasteiger partial charge in [-0.05, 0) is 75.0 Å². The van der Waals surface area contributed by atoms with Gasteiger partial charge in [0.25, 0.3) is 5.91 Å². The van der Waals surface area contributed by atoms with Gasteiger partial charge in [0.1, 0.15) is 6.04 Å². The van der Waals surface area contributed by atoms with Crippen LogP contribution in [0.25, 0.3) is 0 Å². The highest BCUT2D eigenvalue weighted by molar-refractivity contribution is 7.05. The molecule has 8 heteroatoms. The highest BCUT2D eigenvalue weighted by Gasteiger charge is 2.36. The summed E-state index contributed by atoms with van der Waals surface area (Å²) >= 11 is 7.55. The Morgan fingerprint density at radius 1 is 1.06 bits per heavy atom. The first-order chi connectivity index (χ1) is 14.7. The van der Waals surface area contributed by atoms with Gasteiger partial charge in [0, 0.05) is 16.8 Å². The molecule has 0 fully saturated rings. The maximum absolute atomic E-state index is 13.7. The lowest BCUT2D eigenvalue weighted by molar-refractivity contribution is -0.123. The Kier molecular flexibility index (Phi) is 7.08. The van der Waals surface area contributed by atoms with E-state index in [1.807, 2.05) is 58.0 Å². The number of aromatic nitrogens is 2. The van der Waals surface area contributed by atoms with E-state index < -0.39 is 11.9 Å². The zero-order valence-corrected chi connectivity index (χ0v) is 19.7. The third-order valence-corrected chi connectivity index (χ3v) is 5.97. The Labute approximate surface area is 191 Å². The van der Waals surface area contributed by atoms with E-state index in [1.165, 1.54) is 4.90 Å². The van der Waals surface area contributed by atoms with Gasteiger partial charge >= 0.3 is 0 Å². The average molecular weight is 457 g/mol. The first-order valence-corrected chi connectivity index (χ1v) is 11.1. The topological polar surface area (TPSA) is 75.2 Å². The summed E-state index contributed by atoms with van der Waals surface area (Å²) in [6, 6.07) is 11.9. The van der Waals surface area contributed by atoms with Crippen LogP contribution in [-0.4, -0.2) is 27.4 Å². The molecule has 1 unspecified atom stereocenters.